The van der Waals surface area contributed by atoms with Gasteiger partial charge in [-0.05, 0) is 40.4 Å². The Balaban J connectivity index is 1.74. The van der Waals surface area contributed by atoms with E-state index in [1.54, 1.807) is 0 Å². The van der Waals surface area contributed by atoms with E-state index in [9.17, 15) is 4.79 Å². The first-order valence-electron chi connectivity index (χ1n) is 7.16. The van der Waals surface area contributed by atoms with Crippen molar-refractivity contribution in [2.45, 2.75) is 12.8 Å². The molecule has 1 atom stereocenters. The number of hydrogen-bond donors (Lipinski definition) is 1. The maximum Gasteiger partial charge on any atom is 0.222 e. The Morgan fingerprint density at radius 2 is 2.29 bits per heavy atom. The van der Waals surface area contributed by atoms with E-state index in [1.807, 2.05) is 36.3 Å². The zero-order valence-electron chi connectivity index (χ0n) is 12.0. The zero-order valence-corrected chi connectivity index (χ0v) is 13.6. The van der Waals surface area contributed by atoms with E-state index >= 15 is 0 Å². The minimum atomic E-state index is 0.246. The van der Waals surface area contributed by atoms with Crippen molar-refractivity contribution >= 4 is 38.4 Å². The first kappa shape index (κ1) is 14.3. The summed E-state index contributed by atoms with van der Waals surface area (Å²) in [6, 6.07) is 8.06. The molecule has 21 heavy (non-hydrogen) atoms. The number of aromatic nitrogens is 1. The van der Waals surface area contributed by atoms with E-state index in [-0.39, 0.29) is 5.91 Å². The van der Waals surface area contributed by atoms with Crippen LogP contribution in [0.15, 0.2) is 34.9 Å². The number of carbonyl (C=O) groups excluding carboxylic acids is 1. The number of hydrogen-bond acceptors (Lipinski definition) is 3. The topological polar surface area (TPSA) is 45.2 Å². The van der Waals surface area contributed by atoms with Gasteiger partial charge in [0.2, 0.25) is 5.91 Å². The molecule has 110 valence electrons. The van der Waals surface area contributed by atoms with Crippen LogP contribution in [-0.4, -0.2) is 35.9 Å². The molecule has 1 unspecified atom stereocenters. The highest BCUT2D eigenvalue weighted by molar-refractivity contribution is 9.10. The average Bonchev–Trinajstić information content (AvgIpc) is 2.49. The van der Waals surface area contributed by atoms with E-state index in [1.165, 1.54) is 0 Å². The average molecular weight is 348 g/mol. The summed E-state index contributed by atoms with van der Waals surface area (Å²) in [7, 11) is 1.87. The van der Waals surface area contributed by atoms with Crippen LogP contribution >= 0.6 is 15.9 Å². The summed E-state index contributed by atoms with van der Waals surface area (Å²) in [6.07, 6.45) is 3.51. The van der Waals surface area contributed by atoms with Gasteiger partial charge in [0.25, 0.3) is 0 Å². The second kappa shape index (κ2) is 6.02. The molecule has 3 rings (SSSR count). The predicted molar refractivity (Wildman–Crippen MR) is 88.3 cm³/mol. The van der Waals surface area contributed by atoms with Crippen molar-refractivity contribution < 1.29 is 4.79 Å². The van der Waals surface area contributed by atoms with Gasteiger partial charge in [-0.15, -0.1) is 0 Å². The van der Waals surface area contributed by atoms with E-state index in [0.717, 1.165) is 40.6 Å². The molecule has 1 saturated heterocycles. The van der Waals surface area contributed by atoms with Gasteiger partial charge in [-0.25, -0.2) is 0 Å². The second-order valence-corrected chi connectivity index (χ2v) is 6.40. The number of nitrogens with zero attached hydrogens (tertiary/aromatic N) is 2. The number of pyridine rings is 1. The quantitative estimate of drug-likeness (QED) is 0.926. The summed E-state index contributed by atoms with van der Waals surface area (Å²) in [5.74, 6) is 0.652. The lowest BCUT2D eigenvalue weighted by Crippen LogP contribution is -2.37. The summed E-state index contributed by atoms with van der Waals surface area (Å²) in [4.78, 5) is 18.0. The molecular formula is C16H18BrN3O. The third-order valence-electron chi connectivity index (χ3n) is 4.06. The molecule has 2 heterocycles. The van der Waals surface area contributed by atoms with Crippen LogP contribution in [0.3, 0.4) is 0 Å². The Kier molecular flexibility index (Phi) is 4.10. The lowest BCUT2D eigenvalue weighted by molar-refractivity contribution is -0.133. The zero-order chi connectivity index (χ0) is 14.8. The molecule has 1 aromatic heterocycles. The highest BCUT2D eigenvalue weighted by Crippen LogP contribution is 2.28. The van der Waals surface area contributed by atoms with Gasteiger partial charge in [0, 0.05) is 48.3 Å². The normalized spacial score (nSPS) is 19.0. The van der Waals surface area contributed by atoms with Gasteiger partial charge < -0.3 is 10.2 Å². The minimum Gasteiger partial charge on any atom is -0.384 e. The van der Waals surface area contributed by atoms with Crippen LogP contribution in [0.4, 0.5) is 5.69 Å². The molecule has 1 aromatic carbocycles. The fourth-order valence-electron chi connectivity index (χ4n) is 2.73. The predicted octanol–water partition coefficient (Wildman–Crippen LogP) is 3.28. The molecule has 0 radical (unpaired) electrons. The molecule has 1 aliphatic rings. The number of amides is 1. The maximum absolute atomic E-state index is 11.8. The second-order valence-electron chi connectivity index (χ2n) is 5.55. The molecule has 5 heteroatoms. The van der Waals surface area contributed by atoms with Gasteiger partial charge in [0.15, 0.2) is 0 Å². The molecule has 0 aliphatic carbocycles. The van der Waals surface area contributed by atoms with Crippen LogP contribution in [0, 0.1) is 5.92 Å². The Morgan fingerprint density at radius 1 is 1.43 bits per heavy atom. The molecular weight excluding hydrogens is 330 g/mol. The molecule has 0 saturated carbocycles. The Labute approximate surface area is 132 Å². The largest absolute Gasteiger partial charge is 0.384 e. The van der Waals surface area contributed by atoms with E-state index < -0.39 is 0 Å². The van der Waals surface area contributed by atoms with Gasteiger partial charge in [-0.2, -0.15) is 0 Å². The van der Waals surface area contributed by atoms with Gasteiger partial charge in [-0.1, -0.05) is 12.1 Å². The number of likely N-dealkylation sites (tertiary alicyclic amines) is 1. The molecule has 2 aromatic rings. The molecule has 0 spiro atoms. The summed E-state index contributed by atoms with van der Waals surface area (Å²) >= 11 is 3.53. The summed E-state index contributed by atoms with van der Waals surface area (Å²) in [5, 5.41) is 4.59. The first-order valence-corrected chi connectivity index (χ1v) is 7.95. The first-order chi connectivity index (χ1) is 10.1. The third-order valence-corrected chi connectivity index (χ3v) is 4.70. The fraction of sp³-hybridized carbons (Fsp3) is 0.375. The van der Waals surface area contributed by atoms with Crippen molar-refractivity contribution in [3.63, 3.8) is 0 Å². The van der Waals surface area contributed by atoms with Gasteiger partial charge in [0.1, 0.15) is 0 Å². The Morgan fingerprint density at radius 3 is 3.10 bits per heavy atom. The SMILES string of the molecule is CN1CCC(CNc2ccnc3c(Br)cccc23)CC1=O. The number of para-hydroxylation sites is 1. The van der Waals surface area contributed by atoms with Crippen molar-refractivity contribution in [1.82, 2.24) is 9.88 Å². The molecule has 1 N–H and O–H groups in total. The van der Waals surface area contributed by atoms with Crippen molar-refractivity contribution in [3.8, 4) is 0 Å². The van der Waals surface area contributed by atoms with Crippen LogP contribution in [0.25, 0.3) is 10.9 Å². The Bertz CT molecular complexity index is 674. The lowest BCUT2D eigenvalue weighted by Gasteiger charge is -2.29. The molecule has 1 fully saturated rings. The highest BCUT2D eigenvalue weighted by atomic mass is 79.9. The summed E-state index contributed by atoms with van der Waals surface area (Å²) < 4.78 is 0.998. The Hall–Kier alpha value is -1.62. The van der Waals surface area contributed by atoms with Crippen molar-refractivity contribution in [3.05, 3.63) is 34.9 Å². The number of nitrogens with one attached hydrogen (secondary N) is 1. The molecule has 1 aliphatic heterocycles. The highest BCUT2D eigenvalue weighted by Gasteiger charge is 2.23. The summed E-state index contributed by atoms with van der Waals surface area (Å²) in [6.45, 7) is 1.68. The third kappa shape index (κ3) is 3.02. The van der Waals surface area contributed by atoms with Crippen LogP contribution < -0.4 is 5.32 Å². The lowest BCUT2D eigenvalue weighted by atomic mass is 9.96. The van der Waals surface area contributed by atoms with Gasteiger partial charge in [-0.3, -0.25) is 9.78 Å². The van der Waals surface area contributed by atoms with Crippen molar-refractivity contribution in [1.29, 1.82) is 0 Å². The maximum atomic E-state index is 11.8. The number of halogens is 1. The monoisotopic (exact) mass is 347 g/mol. The van der Waals surface area contributed by atoms with Crippen LogP contribution in [0.2, 0.25) is 0 Å². The van der Waals surface area contributed by atoms with Crippen LogP contribution in [-0.2, 0) is 4.79 Å². The molecule has 4 nitrogen and oxygen atoms in total. The number of benzene rings is 1. The van der Waals surface area contributed by atoms with E-state index in [0.29, 0.717) is 12.3 Å². The number of piperidine rings is 1. The van der Waals surface area contributed by atoms with Crippen LogP contribution in [0.5, 0.6) is 0 Å². The van der Waals surface area contributed by atoms with Gasteiger partial charge >= 0.3 is 0 Å². The number of fused-ring (bicyclic) bond motifs is 1. The number of carbonyl (C=O) groups is 1. The standard InChI is InChI=1S/C16H18BrN3O/c1-20-8-6-11(9-15(20)21)10-19-14-5-7-18-16-12(14)3-2-4-13(16)17/h2-5,7,11H,6,8-10H2,1H3,(H,18,19). The number of anilines is 1. The fourth-order valence-corrected chi connectivity index (χ4v) is 3.20. The van der Waals surface area contributed by atoms with E-state index in [2.05, 4.69) is 32.3 Å². The van der Waals surface area contributed by atoms with Gasteiger partial charge in [0.05, 0.1) is 5.52 Å². The molecule has 0 bridgehead atoms. The minimum absolute atomic E-state index is 0.246. The van der Waals surface area contributed by atoms with Crippen molar-refractivity contribution in [2.75, 3.05) is 25.5 Å². The number of rotatable bonds is 3. The smallest absolute Gasteiger partial charge is 0.222 e. The van der Waals surface area contributed by atoms with Crippen LogP contribution in [0.1, 0.15) is 12.8 Å². The van der Waals surface area contributed by atoms with Crippen molar-refractivity contribution in [2.24, 2.45) is 5.92 Å². The molecule has 1 amide bonds. The van der Waals surface area contributed by atoms with E-state index in [4.69, 9.17) is 0 Å². The summed E-state index contributed by atoms with van der Waals surface area (Å²) in [5.41, 5.74) is 2.04.